The number of hydrogen-bond acceptors (Lipinski definition) is 2. The molecule has 1 aromatic rings. The first-order valence-electron chi connectivity index (χ1n) is 8.37. The second kappa shape index (κ2) is 6.18. The van der Waals surface area contributed by atoms with Gasteiger partial charge in [-0.2, -0.15) is 0 Å². The molecule has 0 saturated carbocycles. The van der Waals surface area contributed by atoms with E-state index in [4.69, 9.17) is 0 Å². The largest absolute Gasteiger partial charge is 0.316 e. The average Bonchev–Trinajstić information content (AvgIpc) is 2.55. The first-order chi connectivity index (χ1) is 10.3. The molecule has 0 aliphatic carbocycles. The van der Waals surface area contributed by atoms with Crippen LogP contribution in [0.4, 0.5) is 5.69 Å². The van der Waals surface area contributed by atoms with Crippen molar-refractivity contribution in [2.24, 2.45) is 5.41 Å². The standard InChI is InChI=1S/C18H26N2O/c1-2-10-18(11-6-12-19-14-18)17(21)20-13-5-8-15-7-3-4-9-16(15)20/h3-4,7,9,19H,2,5-6,8,10-14H2,1H3. The van der Waals surface area contributed by atoms with Crippen molar-refractivity contribution in [1.82, 2.24) is 5.32 Å². The van der Waals surface area contributed by atoms with Gasteiger partial charge in [-0.05, 0) is 50.3 Å². The van der Waals surface area contributed by atoms with E-state index in [1.54, 1.807) is 0 Å². The Morgan fingerprint density at radius 1 is 1.33 bits per heavy atom. The lowest BCUT2D eigenvalue weighted by molar-refractivity contribution is -0.129. The van der Waals surface area contributed by atoms with Crippen LogP contribution in [0.1, 0.15) is 44.6 Å². The molecule has 0 spiro atoms. The molecule has 3 rings (SSSR count). The molecule has 1 aromatic carbocycles. The number of nitrogens with zero attached hydrogens (tertiary/aromatic N) is 1. The number of anilines is 1. The summed E-state index contributed by atoms with van der Waals surface area (Å²) in [5, 5.41) is 3.46. The van der Waals surface area contributed by atoms with Crippen LogP contribution >= 0.6 is 0 Å². The highest BCUT2D eigenvalue weighted by Gasteiger charge is 2.42. The Morgan fingerprint density at radius 3 is 2.95 bits per heavy atom. The van der Waals surface area contributed by atoms with E-state index in [0.717, 1.165) is 63.8 Å². The number of carbonyl (C=O) groups excluding carboxylic acids is 1. The van der Waals surface area contributed by atoms with Crippen molar-refractivity contribution in [3.05, 3.63) is 29.8 Å². The summed E-state index contributed by atoms with van der Waals surface area (Å²) in [6.07, 6.45) is 6.39. The maximum absolute atomic E-state index is 13.3. The van der Waals surface area contributed by atoms with E-state index >= 15 is 0 Å². The Balaban J connectivity index is 1.90. The fourth-order valence-electron chi connectivity index (χ4n) is 3.98. The quantitative estimate of drug-likeness (QED) is 0.926. The number of aryl methyl sites for hydroxylation is 1. The van der Waals surface area contributed by atoms with E-state index in [-0.39, 0.29) is 5.41 Å². The molecular weight excluding hydrogens is 260 g/mol. The third-order valence-electron chi connectivity index (χ3n) is 5.01. The Hall–Kier alpha value is -1.35. The summed E-state index contributed by atoms with van der Waals surface area (Å²) in [5.74, 6) is 0.351. The molecule has 3 heteroatoms. The molecule has 1 N–H and O–H groups in total. The Bertz CT molecular complexity index is 500. The molecule has 1 atom stereocenters. The summed E-state index contributed by atoms with van der Waals surface area (Å²) in [6.45, 7) is 4.96. The van der Waals surface area contributed by atoms with Gasteiger partial charge in [-0.25, -0.2) is 0 Å². The highest BCUT2D eigenvalue weighted by Crippen LogP contribution is 2.37. The molecule has 0 aromatic heterocycles. The summed E-state index contributed by atoms with van der Waals surface area (Å²) >= 11 is 0. The van der Waals surface area contributed by atoms with Gasteiger partial charge >= 0.3 is 0 Å². The van der Waals surface area contributed by atoms with Crippen LogP contribution in [0, 0.1) is 5.41 Å². The van der Waals surface area contributed by atoms with Crippen molar-refractivity contribution in [1.29, 1.82) is 0 Å². The van der Waals surface area contributed by atoms with Crippen LogP contribution in [0.25, 0.3) is 0 Å². The van der Waals surface area contributed by atoms with Crippen molar-refractivity contribution in [3.8, 4) is 0 Å². The second-order valence-corrected chi connectivity index (χ2v) is 6.50. The number of carbonyl (C=O) groups is 1. The van der Waals surface area contributed by atoms with Gasteiger partial charge in [-0.1, -0.05) is 31.5 Å². The minimum Gasteiger partial charge on any atom is -0.316 e. The third kappa shape index (κ3) is 2.71. The van der Waals surface area contributed by atoms with Crippen LogP contribution in [-0.4, -0.2) is 25.5 Å². The molecule has 1 saturated heterocycles. The monoisotopic (exact) mass is 286 g/mol. The van der Waals surface area contributed by atoms with Crippen LogP contribution < -0.4 is 10.2 Å². The number of rotatable bonds is 3. The molecule has 2 aliphatic heterocycles. The van der Waals surface area contributed by atoms with Gasteiger partial charge in [0.2, 0.25) is 5.91 Å². The number of hydrogen-bond donors (Lipinski definition) is 1. The number of amides is 1. The van der Waals surface area contributed by atoms with Crippen LogP contribution in [0.5, 0.6) is 0 Å². The molecule has 1 unspecified atom stereocenters. The minimum atomic E-state index is -0.183. The maximum Gasteiger partial charge on any atom is 0.234 e. The van der Waals surface area contributed by atoms with Gasteiger partial charge in [-0.15, -0.1) is 0 Å². The van der Waals surface area contributed by atoms with E-state index in [9.17, 15) is 4.79 Å². The fourth-order valence-corrected chi connectivity index (χ4v) is 3.98. The Labute approximate surface area is 127 Å². The number of piperidine rings is 1. The molecule has 114 valence electrons. The normalized spacial score (nSPS) is 25.5. The predicted octanol–water partition coefficient (Wildman–Crippen LogP) is 3.14. The summed E-state index contributed by atoms with van der Waals surface area (Å²) in [7, 11) is 0. The van der Waals surface area contributed by atoms with Gasteiger partial charge in [0.1, 0.15) is 0 Å². The van der Waals surface area contributed by atoms with E-state index in [1.807, 2.05) is 0 Å². The zero-order valence-corrected chi connectivity index (χ0v) is 13.0. The zero-order valence-electron chi connectivity index (χ0n) is 13.0. The molecule has 2 heterocycles. The molecule has 1 fully saturated rings. The minimum absolute atomic E-state index is 0.183. The van der Waals surface area contributed by atoms with Crippen molar-refractivity contribution >= 4 is 11.6 Å². The van der Waals surface area contributed by atoms with Gasteiger partial charge in [0, 0.05) is 18.8 Å². The summed E-state index contributed by atoms with van der Waals surface area (Å²) < 4.78 is 0. The van der Waals surface area contributed by atoms with E-state index < -0.39 is 0 Å². The zero-order chi connectivity index (χ0) is 14.7. The SMILES string of the molecule is CCCC1(C(=O)N2CCCc3ccccc32)CCCNC1. The van der Waals surface area contributed by atoms with Crippen LogP contribution in [0.2, 0.25) is 0 Å². The number of nitrogens with one attached hydrogen (secondary N) is 1. The van der Waals surface area contributed by atoms with Crippen molar-refractivity contribution < 1.29 is 4.79 Å². The topological polar surface area (TPSA) is 32.3 Å². The van der Waals surface area contributed by atoms with Crippen molar-refractivity contribution in [2.45, 2.75) is 45.4 Å². The van der Waals surface area contributed by atoms with Crippen LogP contribution in [0.3, 0.4) is 0 Å². The summed E-state index contributed by atoms with van der Waals surface area (Å²) in [5.41, 5.74) is 2.29. The molecule has 2 aliphatic rings. The molecule has 0 radical (unpaired) electrons. The molecule has 21 heavy (non-hydrogen) atoms. The van der Waals surface area contributed by atoms with Crippen molar-refractivity contribution in [2.75, 3.05) is 24.5 Å². The number of benzene rings is 1. The van der Waals surface area contributed by atoms with Gasteiger partial charge in [-0.3, -0.25) is 4.79 Å². The smallest absolute Gasteiger partial charge is 0.234 e. The van der Waals surface area contributed by atoms with Crippen molar-refractivity contribution in [3.63, 3.8) is 0 Å². The third-order valence-corrected chi connectivity index (χ3v) is 5.01. The second-order valence-electron chi connectivity index (χ2n) is 6.50. The molecule has 3 nitrogen and oxygen atoms in total. The molecule has 0 bridgehead atoms. The number of para-hydroxylation sites is 1. The molecule has 1 amide bonds. The average molecular weight is 286 g/mol. The first-order valence-corrected chi connectivity index (χ1v) is 8.37. The first kappa shape index (κ1) is 14.6. The predicted molar refractivity (Wildman–Crippen MR) is 86.6 cm³/mol. The highest BCUT2D eigenvalue weighted by atomic mass is 16.2. The maximum atomic E-state index is 13.3. The lowest BCUT2D eigenvalue weighted by Crippen LogP contribution is -2.53. The van der Waals surface area contributed by atoms with Crippen LogP contribution in [-0.2, 0) is 11.2 Å². The summed E-state index contributed by atoms with van der Waals surface area (Å²) in [6, 6.07) is 8.41. The lowest BCUT2D eigenvalue weighted by atomic mass is 9.75. The Kier molecular flexibility index (Phi) is 4.29. The van der Waals surface area contributed by atoms with E-state index in [1.165, 1.54) is 5.56 Å². The van der Waals surface area contributed by atoms with Crippen LogP contribution in [0.15, 0.2) is 24.3 Å². The fraction of sp³-hybridized carbons (Fsp3) is 0.611. The van der Waals surface area contributed by atoms with Gasteiger partial charge in [0.25, 0.3) is 0 Å². The number of fused-ring (bicyclic) bond motifs is 1. The van der Waals surface area contributed by atoms with E-state index in [2.05, 4.69) is 41.4 Å². The van der Waals surface area contributed by atoms with E-state index in [0.29, 0.717) is 5.91 Å². The lowest BCUT2D eigenvalue weighted by Gasteiger charge is -2.41. The highest BCUT2D eigenvalue weighted by molar-refractivity contribution is 5.98. The van der Waals surface area contributed by atoms with Gasteiger partial charge in [0.15, 0.2) is 0 Å². The molecular formula is C18H26N2O. The van der Waals surface area contributed by atoms with Gasteiger partial charge in [0.05, 0.1) is 5.41 Å². The summed E-state index contributed by atoms with van der Waals surface area (Å²) in [4.78, 5) is 15.4. The Morgan fingerprint density at radius 2 is 2.19 bits per heavy atom. The van der Waals surface area contributed by atoms with Gasteiger partial charge < -0.3 is 10.2 Å².